The summed E-state index contributed by atoms with van der Waals surface area (Å²) in [6.07, 6.45) is 1.79. The van der Waals surface area contributed by atoms with E-state index in [0.29, 0.717) is 19.4 Å². The first kappa shape index (κ1) is 17.4. The average molecular weight is 334 g/mol. The van der Waals surface area contributed by atoms with Gasteiger partial charge in [0, 0.05) is 13.0 Å². The Morgan fingerprint density at radius 3 is 2.70 bits per heavy atom. The van der Waals surface area contributed by atoms with E-state index >= 15 is 0 Å². The number of rotatable bonds is 8. The number of para-hydroxylation sites is 1. The molecule has 1 aromatic carbocycles. The van der Waals surface area contributed by atoms with Crippen LogP contribution < -0.4 is 0 Å². The summed E-state index contributed by atoms with van der Waals surface area (Å²) in [5.41, 5.74) is 0.992. The van der Waals surface area contributed by atoms with Gasteiger partial charge in [0.25, 0.3) is 0 Å². The number of carboxylic acids is 1. The number of amides is 1. The molecule has 0 aliphatic rings. The number of aryl methyl sites for hydroxylation is 1. The van der Waals surface area contributed by atoms with Crippen LogP contribution in [0.25, 0.3) is 10.2 Å². The summed E-state index contributed by atoms with van der Waals surface area (Å²) in [5, 5.41) is 9.95. The van der Waals surface area contributed by atoms with Crippen LogP contribution in [0.5, 0.6) is 0 Å². The first-order valence-corrected chi connectivity index (χ1v) is 8.61. The van der Waals surface area contributed by atoms with Crippen molar-refractivity contribution in [1.82, 2.24) is 9.88 Å². The highest BCUT2D eigenvalue weighted by molar-refractivity contribution is 7.18. The maximum atomic E-state index is 12.2. The molecule has 0 atom stereocenters. The van der Waals surface area contributed by atoms with Gasteiger partial charge in [-0.1, -0.05) is 26.0 Å². The summed E-state index contributed by atoms with van der Waals surface area (Å²) in [5.74, 6) is -0.810. The third kappa shape index (κ3) is 5.32. The van der Waals surface area contributed by atoms with Gasteiger partial charge in [-0.05, 0) is 30.9 Å². The molecule has 1 heterocycles. The van der Waals surface area contributed by atoms with Crippen molar-refractivity contribution >= 4 is 33.4 Å². The Bertz CT molecular complexity index is 648. The van der Waals surface area contributed by atoms with Crippen LogP contribution in [-0.4, -0.2) is 40.0 Å². The zero-order chi connectivity index (χ0) is 16.8. The number of aromatic nitrogens is 1. The fraction of sp³-hybridized carbons (Fsp3) is 0.471. The topological polar surface area (TPSA) is 70.5 Å². The number of carboxylic acid groups (broad SMARTS) is 1. The lowest BCUT2D eigenvalue weighted by molar-refractivity contribution is -0.144. The van der Waals surface area contributed by atoms with Crippen LogP contribution >= 0.6 is 11.3 Å². The molecule has 2 rings (SSSR count). The zero-order valence-corrected chi connectivity index (χ0v) is 14.3. The number of fused-ring (bicyclic) bond motifs is 1. The second kappa shape index (κ2) is 8.06. The van der Waals surface area contributed by atoms with E-state index in [4.69, 9.17) is 5.11 Å². The van der Waals surface area contributed by atoms with E-state index < -0.39 is 5.97 Å². The van der Waals surface area contributed by atoms with E-state index in [1.54, 1.807) is 11.3 Å². The number of benzene rings is 1. The summed E-state index contributed by atoms with van der Waals surface area (Å²) < 4.78 is 1.15. The summed E-state index contributed by atoms with van der Waals surface area (Å²) in [6, 6.07) is 7.98. The third-order valence-corrected chi connectivity index (χ3v) is 4.48. The van der Waals surface area contributed by atoms with Gasteiger partial charge in [0.15, 0.2) is 0 Å². The fourth-order valence-corrected chi connectivity index (χ4v) is 3.44. The first-order chi connectivity index (χ1) is 11.0. The van der Waals surface area contributed by atoms with Crippen LogP contribution in [0.15, 0.2) is 24.3 Å². The van der Waals surface area contributed by atoms with E-state index in [9.17, 15) is 9.59 Å². The maximum absolute atomic E-state index is 12.2. The second-order valence-electron chi connectivity index (χ2n) is 5.99. The molecule has 0 bridgehead atoms. The standard InChI is InChI=1S/C17H22N2O3S/c1-12(2)10-19(11-17(21)22)16(20)9-5-8-15-18-13-6-3-4-7-14(13)23-15/h3-4,6-7,12H,5,8-11H2,1-2H3,(H,21,22). The molecule has 23 heavy (non-hydrogen) atoms. The van der Waals surface area contributed by atoms with Crippen LogP contribution in [0.3, 0.4) is 0 Å². The predicted octanol–water partition coefficient (Wildman–Crippen LogP) is 3.19. The van der Waals surface area contributed by atoms with Crippen molar-refractivity contribution in [2.45, 2.75) is 33.1 Å². The molecule has 1 aromatic heterocycles. The summed E-state index contributed by atoms with van der Waals surface area (Å²) in [6.45, 7) is 4.21. The van der Waals surface area contributed by atoms with E-state index in [-0.39, 0.29) is 18.4 Å². The minimum Gasteiger partial charge on any atom is -0.480 e. The molecule has 0 unspecified atom stereocenters. The molecular formula is C17H22N2O3S. The van der Waals surface area contributed by atoms with Crippen LogP contribution in [-0.2, 0) is 16.0 Å². The van der Waals surface area contributed by atoms with Gasteiger partial charge < -0.3 is 10.0 Å². The first-order valence-electron chi connectivity index (χ1n) is 7.79. The molecule has 0 saturated heterocycles. The van der Waals surface area contributed by atoms with E-state index in [1.807, 2.05) is 38.1 Å². The molecule has 0 radical (unpaired) electrons. The Morgan fingerprint density at radius 1 is 1.30 bits per heavy atom. The van der Waals surface area contributed by atoms with E-state index in [2.05, 4.69) is 4.98 Å². The normalized spacial score (nSPS) is 11.1. The van der Waals surface area contributed by atoms with Crippen LogP contribution in [0.1, 0.15) is 31.7 Å². The second-order valence-corrected chi connectivity index (χ2v) is 7.11. The van der Waals surface area contributed by atoms with Gasteiger partial charge in [0.05, 0.1) is 15.2 Å². The number of nitrogens with zero attached hydrogens (tertiary/aromatic N) is 2. The van der Waals surface area contributed by atoms with Gasteiger partial charge in [-0.15, -0.1) is 11.3 Å². The maximum Gasteiger partial charge on any atom is 0.323 e. The molecule has 0 aliphatic carbocycles. The van der Waals surface area contributed by atoms with Gasteiger partial charge in [0.1, 0.15) is 6.54 Å². The zero-order valence-electron chi connectivity index (χ0n) is 13.5. The van der Waals surface area contributed by atoms with Crippen molar-refractivity contribution in [2.24, 2.45) is 5.92 Å². The third-order valence-electron chi connectivity index (χ3n) is 3.38. The molecule has 5 nitrogen and oxygen atoms in total. The lowest BCUT2D eigenvalue weighted by Gasteiger charge is -2.22. The van der Waals surface area contributed by atoms with E-state index in [0.717, 1.165) is 21.6 Å². The van der Waals surface area contributed by atoms with Gasteiger partial charge in [-0.25, -0.2) is 4.98 Å². The van der Waals surface area contributed by atoms with Crippen molar-refractivity contribution in [2.75, 3.05) is 13.1 Å². The van der Waals surface area contributed by atoms with Crippen LogP contribution in [0.4, 0.5) is 0 Å². The van der Waals surface area contributed by atoms with Crippen LogP contribution in [0.2, 0.25) is 0 Å². The van der Waals surface area contributed by atoms with Gasteiger partial charge in [-0.2, -0.15) is 0 Å². The highest BCUT2D eigenvalue weighted by Gasteiger charge is 2.17. The minimum atomic E-state index is -0.967. The molecule has 1 N–H and O–H groups in total. The molecule has 2 aromatic rings. The Morgan fingerprint density at radius 2 is 2.04 bits per heavy atom. The highest BCUT2D eigenvalue weighted by Crippen LogP contribution is 2.22. The van der Waals surface area contributed by atoms with Gasteiger partial charge in [0.2, 0.25) is 5.91 Å². The van der Waals surface area contributed by atoms with Crippen molar-refractivity contribution in [3.63, 3.8) is 0 Å². The highest BCUT2D eigenvalue weighted by atomic mass is 32.1. The Balaban J connectivity index is 1.87. The largest absolute Gasteiger partial charge is 0.480 e. The number of hydrogen-bond acceptors (Lipinski definition) is 4. The van der Waals surface area contributed by atoms with Crippen molar-refractivity contribution in [3.05, 3.63) is 29.3 Å². The minimum absolute atomic E-state index is 0.0952. The number of carbonyl (C=O) groups is 2. The fourth-order valence-electron chi connectivity index (χ4n) is 2.43. The summed E-state index contributed by atoms with van der Waals surface area (Å²) in [4.78, 5) is 29.1. The molecule has 0 saturated carbocycles. The predicted molar refractivity (Wildman–Crippen MR) is 91.6 cm³/mol. The molecular weight excluding hydrogens is 312 g/mol. The molecule has 6 heteroatoms. The number of aliphatic carboxylic acids is 1. The van der Waals surface area contributed by atoms with Gasteiger partial charge in [-0.3, -0.25) is 9.59 Å². The monoisotopic (exact) mass is 334 g/mol. The molecule has 0 fully saturated rings. The summed E-state index contributed by atoms with van der Waals surface area (Å²) >= 11 is 1.65. The average Bonchev–Trinajstić information content (AvgIpc) is 2.88. The number of carbonyl (C=O) groups excluding carboxylic acids is 1. The molecule has 1 amide bonds. The Labute approximate surface area is 139 Å². The van der Waals surface area contributed by atoms with Crippen molar-refractivity contribution in [3.8, 4) is 0 Å². The number of hydrogen-bond donors (Lipinski definition) is 1. The lowest BCUT2D eigenvalue weighted by Crippen LogP contribution is -2.38. The Hall–Kier alpha value is -1.95. The van der Waals surface area contributed by atoms with Gasteiger partial charge >= 0.3 is 5.97 Å². The summed E-state index contributed by atoms with van der Waals surface area (Å²) in [7, 11) is 0. The van der Waals surface area contributed by atoms with E-state index in [1.165, 1.54) is 4.90 Å². The quantitative estimate of drug-likeness (QED) is 0.805. The smallest absolute Gasteiger partial charge is 0.323 e. The van der Waals surface area contributed by atoms with Crippen molar-refractivity contribution < 1.29 is 14.7 Å². The number of thiazole rings is 1. The molecule has 0 aliphatic heterocycles. The van der Waals surface area contributed by atoms with Crippen LogP contribution in [0, 0.1) is 5.92 Å². The molecule has 0 spiro atoms. The van der Waals surface area contributed by atoms with Crippen molar-refractivity contribution in [1.29, 1.82) is 0 Å². The Kier molecular flexibility index (Phi) is 6.10. The molecule has 124 valence electrons. The lowest BCUT2D eigenvalue weighted by atomic mass is 10.1. The SMILES string of the molecule is CC(C)CN(CC(=O)O)C(=O)CCCc1nc2ccccc2s1.